The summed E-state index contributed by atoms with van der Waals surface area (Å²) in [5.41, 5.74) is 1.54. The molecule has 0 unspecified atom stereocenters. The van der Waals surface area contributed by atoms with Gasteiger partial charge in [-0.3, -0.25) is 4.68 Å². The fourth-order valence-electron chi connectivity index (χ4n) is 1.99. The minimum Gasteiger partial charge on any atom is -0.543 e. The average molecular weight is 336 g/mol. The third-order valence-corrected chi connectivity index (χ3v) is 3.72. The van der Waals surface area contributed by atoms with Crippen molar-refractivity contribution in [3.63, 3.8) is 0 Å². The number of aromatic carboxylic acids is 1. The lowest BCUT2D eigenvalue weighted by molar-refractivity contribution is -0.255. The first-order chi connectivity index (χ1) is 9.30. The Balaban J connectivity index is 2.50. The van der Waals surface area contributed by atoms with Crippen molar-refractivity contribution < 1.29 is 9.90 Å². The van der Waals surface area contributed by atoms with E-state index in [1.165, 1.54) is 4.68 Å². The molecule has 0 fully saturated rings. The Bertz CT molecular complexity index is 627. The van der Waals surface area contributed by atoms with Gasteiger partial charge in [0.1, 0.15) is 0 Å². The smallest absolute Gasteiger partial charge is 0.0986 e. The van der Waals surface area contributed by atoms with Gasteiger partial charge in [-0.05, 0) is 21.5 Å². The van der Waals surface area contributed by atoms with Crippen molar-refractivity contribution >= 4 is 21.9 Å². The molecule has 0 aliphatic rings. The van der Waals surface area contributed by atoms with Crippen LogP contribution in [0.1, 0.15) is 42.5 Å². The zero-order valence-corrected chi connectivity index (χ0v) is 13.3. The number of benzene rings is 1. The van der Waals surface area contributed by atoms with Crippen LogP contribution in [0.5, 0.6) is 0 Å². The van der Waals surface area contributed by atoms with Gasteiger partial charge < -0.3 is 9.90 Å². The van der Waals surface area contributed by atoms with Crippen LogP contribution in [-0.2, 0) is 12.0 Å². The summed E-state index contributed by atoms with van der Waals surface area (Å²) in [5, 5.41) is 15.8. The van der Waals surface area contributed by atoms with Gasteiger partial charge in [-0.15, -0.1) is 0 Å². The van der Waals surface area contributed by atoms with Crippen LogP contribution in [0.3, 0.4) is 0 Å². The molecule has 0 spiro atoms. The van der Waals surface area contributed by atoms with Crippen molar-refractivity contribution in [1.29, 1.82) is 0 Å². The molecule has 0 N–H and O–H groups in total. The number of aromatic nitrogens is 2. The molecule has 0 amide bonds. The number of hydrogen-bond acceptors (Lipinski definition) is 3. The lowest BCUT2D eigenvalue weighted by Gasteiger charge is -2.15. The highest BCUT2D eigenvalue weighted by Gasteiger charge is 2.25. The molecule has 1 heterocycles. The van der Waals surface area contributed by atoms with Crippen molar-refractivity contribution in [3.8, 4) is 0 Å². The minimum absolute atomic E-state index is 0.0822. The summed E-state index contributed by atoms with van der Waals surface area (Å²) in [6.07, 6.45) is 0. The summed E-state index contributed by atoms with van der Waals surface area (Å²) in [7, 11) is 0. The lowest BCUT2D eigenvalue weighted by atomic mass is 9.92. The fourth-order valence-corrected chi connectivity index (χ4v) is 3.03. The predicted molar refractivity (Wildman–Crippen MR) is 78.5 cm³/mol. The van der Waals surface area contributed by atoms with Gasteiger partial charge in [-0.25, -0.2) is 0 Å². The second kappa shape index (κ2) is 5.40. The molecule has 1 aromatic heterocycles. The molecular weight excluding hydrogens is 320 g/mol. The normalized spacial score (nSPS) is 11.6. The van der Waals surface area contributed by atoms with Gasteiger partial charge in [0, 0.05) is 5.41 Å². The fraction of sp³-hybridized carbons (Fsp3) is 0.333. The minimum atomic E-state index is -1.23. The third kappa shape index (κ3) is 2.93. The average Bonchev–Trinajstić information content (AvgIpc) is 2.67. The number of hydrogen-bond donors (Lipinski definition) is 0. The molecule has 20 heavy (non-hydrogen) atoms. The Morgan fingerprint density at radius 3 is 2.40 bits per heavy atom. The topological polar surface area (TPSA) is 58.0 Å². The van der Waals surface area contributed by atoms with Gasteiger partial charge in [-0.1, -0.05) is 51.1 Å². The van der Waals surface area contributed by atoms with E-state index >= 15 is 0 Å². The molecular formula is C15H16BrN2O2-. The molecule has 0 radical (unpaired) electrons. The van der Waals surface area contributed by atoms with Crippen molar-refractivity contribution in [2.75, 3.05) is 0 Å². The van der Waals surface area contributed by atoms with E-state index in [1.54, 1.807) is 0 Å². The highest BCUT2D eigenvalue weighted by molar-refractivity contribution is 9.10. The SMILES string of the molecule is CC(C)(C)c1nn(Cc2ccccc2)c(C(=O)[O-])c1Br. The molecule has 5 heteroatoms. The van der Waals surface area contributed by atoms with Gasteiger partial charge in [0.2, 0.25) is 0 Å². The van der Waals surface area contributed by atoms with Gasteiger partial charge in [0.25, 0.3) is 0 Å². The van der Waals surface area contributed by atoms with Crippen LogP contribution in [-0.4, -0.2) is 15.7 Å². The molecule has 4 nitrogen and oxygen atoms in total. The van der Waals surface area contributed by atoms with Crippen LogP contribution in [0.15, 0.2) is 34.8 Å². The van der Waals surface area contributed by atoms with E-state index in [0.29, 0.717) is 16.7 Å². The monoisotopic (exact) mass is 335 g/mol. The van der Waals surface area contributed by atoms with E-state index in [0.717, 1.165) is 5.56 Å². The van der Waals surface area contributed by atoms with Gasteiger partial charge in [0.15, 0.2) is 0 Å². The van der Waals surface area contributed by atoms with Crippen LogP contribution in [0.2, 0.25) is 0 Å². The summed E-state index contributed by atoms with van der Waals surface area (Å²) in [5.74, 6) is -1.23. The Morgan fingerprint density at radius 2 is 1.90 bits per heavy atom. The molecule has 0 aliphatic heterocycles. The summed E-state index contributed by atoms with van der Waals surface area (Å²) in [6, 6.07) is 9.62. The summed E-state index contributed by atoms with van der Waals surface area (Å²) < 4.78 is 1.98. The van der Waals surface area contributed by atoms with Gasteiger partial charge >= 0.3 is 0 Å². The highest BCUT2D eigenvalue weighted by atomic mass is 79.9. The second-order valence-corrected chi connectivity index (χ2v) is 6.48. The van der Waals surface area contributed by atoms with Crippen LogP contribution in [0, 0.1) is 0 Å². The zero-order valence-electron chi connectivity index (χ0n) is 11.7. The number of nitrogens with zero attached hydrogens (tertiary/aromatic N) is 2. The van der Waals surface area contributed by atoms with Crippen molar-refractivity contribution in [2.45, 2.75) is 32.7 Å². The Kier molecular flexibility index (Phi) is 3.99. The zero-order chi connectivity index (χ0) is 14.9. The first-order valence-electron chi connectivity index (χ1n) is 6.32. The predicted octanol–water partition coefficient (Wildman–Crippen LogP) is 2.35. The molecule has 0 saturated carbocycles. The Hall–Kier alpha value is -1.62. The summed E-state index contributed by atoms with van der Waals surface area (Å²) in [6.45, 7) is 6.38. The van der Waals surface area contributed by atoms with Gasteiger partial charge in [0.05, 0.1) is 28.4 Å². The third-order valence-electron chi connectivity index (χ3n) is 2.97. The van der Waals surface area contributed by atoms with Crippen molar-refractivity contribution in [1.82, 2.24) is 9.78 Å². The first-order valence-corrected chi connectivity index (χ1v) is 7.12. The lowest BCUT2D eigenvalue weighted by Crippen LogP contribution is -2.26. The Labute approximate surface area is 126 Å². The number of carbonyl (C=O) groups excluding carboxylic acids is 1. The van der Waals surface area contributed by atoms with E-state index < -0.39 is 5.97 Å². The molecule has 2 rings (SSSR count). The van der Waals surface area contributed by atoms with E-state index in [9.17, 15) is 9.90 Å². The summed E-state index contributed by atoms with van der Waals surface area (Å²) in [4.78, 5) is 11.4. The standard InChI is InChI=1S/C15H17BrN2O2/c1-15(2,3)13-11(16)12(14(19)20)18(17-13)9-10-7-5-4-6-8-10/h4-8H,9H2,1-3H3,(H,19,20)/p-1. The van der Waals surface area contributed by atoms with Crippen LogP contribution in [0.4, 0.5) is 0 Å². The number of carboxylic acids is 1. The maximum absolute atomic E-state index is 11.4. The van der Waals surface area contributed by atoms with Crippen LogP contribution >= 0.6 is 15.9 Å². The van der Waals surface area contributed by atoms with Crippen LogP contribution < -0.4 is 5.11 Å². The molecule has 0 saturated heterocycles. The number of rotatable bonds is 3. The maximum Gasteiger partial charge on any atom is 0.0986 e. The summed E-state index contributed by atoms with van der Waals surface area (Å²) >= 11 is 3.35. The van der Waals surface area contributed by atoms with E-state index in [1.807, 2.05) is 51.1 Å². The number of halogens is 1. The molecule has 0 bridgehead atoms. The van der Waals surface area contributed by atoms with Crippen molar-refractivity contribution in [2.24, 2.45) is 0 Å². The molecule has 0 atom stereocenters. The first kappa shape index (κ1) is 14.8. The van der Waals surface area contributed by atoms with E-state index in [2.05, 4.69) is 21.0 Å². The molecule has 2 aromatic rings. The van der Waals surface area contributed by atoms with Crippen molar-refractivity contribution in [3.05, 3.63) is 51.8 Å². The molecule has 106 valence electrons. The number of carboxylic acid groups (broad SMARTS) is 1. The number of carbonyl (C=O) groups is 1. The largest absolute Gasteiger partial charge is 0.543 e. The Morgan fingerprint density at radius 1 is 1.30 bits per heavy atom. The highest BCUT2D eigenvalue weighted by Crippen LogP contribution is 2.31. The molecule has 0 aliphatic carbocycles. The van der Waals surface area contributed by atoms with E-state index in [4.69, 9.17) is 0 Å². The van der Waals surface area contributed by atoms with Crippen LogP contribution in [0.25, 0.3) is 0 Å². The molecule has 1 aromatic carbocycles. The van der Waals surface area contributed by atoms with Gasteiger partial charge in [-0.2, -0.15) is 5.10 Å². The van der Waals surface area contributed by atoms with E-state index in [-0.39, 0.29) is 11.1 Å². The maximum atomic E-state index is 11.4. The quantitative estimate of drug-likeness (QED) is 0.865. The second-order valence-electron chi connectivity index (χ2n) is 5.69.